The standard InChI is InChI=1S/C13H24N4/c1-10-13(11(2)17(4)15-10)14-8-12-6-5-7-16(3)9-12/h12,14H,5-9H2,1-4H3. The molecule has 1 saturated heterocycles. The summed E-state index contributed by atoms with van der Waals surface area (Å²) in [5.74, 6) is 0.771. The zero-order chi connectivity index (χ0) is 12.4. The molecule has 0 radical (unpaired) electrons. The lowest BCUT2D eigenvalue weighted by Crippen LogP contribution is -2.35. The van der Waals surface area contributed by atoms with Crippen molar-refractivity contribution in [2.45, 2.75) is 26.7 Å². The van der Waals surface area contributed by atoms with E-state index in [1.807, 2.05) is 11.7 Å². The maximum Gasteiger partial charge on any atom is 0.0827 e. The number of nitrogens with one attached hydrogen (secondary N) is 1. The zero-order valence-corrected chi connectivity index (χ0v) is 11.5. The van der Waals surface area contributed by atoms with Crippen LogP contribution in [-0.2, 0) is 7.05 Å². The maximum absolute atomic E-state index is 4.43. The molecule has 4 nitrogen and oxygen atoms in total. The van der Waals surface area contributed by atoms with Gasteiger partial charge in [0.15, 0.2) is 0 Å². The van der Waals surface area contributed by atoms with Crippen LogP contribution >= 0.6 is 0 Å². The second-order valence-corrected chi connectivity index (χ2v) is 5.32. The third-order valence-electron chi connectivity index (χ3n) is 3.80. The van der Waals surface area contributed by atoms with E-state index >= 15 is 0 Å². The van der Waals surface area contributed by atoms with Gasteiger partial charge in [0.1, 0.15) is 0 Å². The molecule has 4 heteroatoms. The van der Waals surface area contributed by atoms with Crippen molar-refractivity contribution in [2.75, 3.05) is 32.0 Å². The maximum atomic E-state index is 4.43. The number of nitrogens with zero attached hydrogens (tertiary/aromatic N) is 3. The number of aromatic nitrogens is 2. The molecule has 0 amide bonds. The van der Waals surface area contributed by atoms with Crippen molar-refractivity contribution in [3.8, 4) is 0 Å². The van der Waals surface area contributed by atoms with Crippen molar-refractivity contribution in [1.82, 2.24) is 14.7 Å². The Morgan fingerprint density at radius 2 is 2.12 bits per heavy atom. The third-order valence-corrected chi connectivity index (χ3v) is 3.80. The number of rotatable bonds is 3. The first kappa shape index (κ1) is 12.4. The first-order valence-electron chi connectivity index (χ1n) is 6.50. The largest absolute Gasteiger partial charge is 0.382 e. The molecule has 2 rings (SSSR count). The fraction of sp³-hybridized carbons (Fsp3) is 0.769. The lowest BCUT2D eigenvalue weighted by molar-refractivity contribution is 0.217. The van der Waals surface area contributed by atoms with Crippen molar-refractivity contribution in [1.29, 1.82) is 0 Å². The molecular weight excluding hydrogens is 212 g/mol. The van der Waals surface area contributed by atoms with E-state index in [4.69, 9.17) is 0 Å². The molecule has 0 aromatic carbocycles. The van der Waals surface area contributed by atoms with Crippen LogP contribution in [0.2, 0.25) is 0 Å². The van der Waals surface area contributed by atoms with Gasteiger partial charge < -0.3 is 10.2 Å². The van der Waals surface area contributed by atoms with Crippen LogP contribution < -0.4 is 5.32 Å². The van der Waals surface area contributed by atoms with Gasteiger partial charge in [-0.1, -0.05) is 0 Å². The Labute approximate surface area is 104 Å². The van der Waals surface area contributed by atoms with Gasteiger partial charge in [-0.15, -0.1) is 0 Å². The summed E-state index contributed by atoms with van der Waals surface area (Å²) in [5.41, 5.74) is 3.56. The Morgan fingerprint density at radius 3 is 2.71 bits per heavy atom. The van der Waals surface area contributed by atoms with Gasteiger partial charge in [0.25, 0.3) is 0 Å². The normalized spacial score (nSPS) is 21.8. The van der Waals surface area contributed by atoms with E-state index in [1.54, 1.807) is 0 Å². The lowest BCUT2D eigenvalue weighted by Gasteiger charge is -2.30. The van der Waals surface area contributed by atoms with E-state index in [9.17, 15) is 0 Å². The smallest absolute Gasteiger partial charge is 0.0827 e. The minimum Gasteiger partial charge on any atom is -0.382 e. The summed E-state index contributed by atoms with van der Waals surface area (Å²) >= 11 is 0. The predicted octanol–water partition coefficient (Wildman–Crippen LogP) is 1.79. The van der Waals surface area contributed by atoms with E-state index in [0.717, 1.165) is 18.2 Å². The molecule has 0 aliphatic carbocycles. The Balaban J connectivity index is 1.93. The third kappa shape index (κ3) is 2.80. The van der Waals surface area contributed by atoms with Gasteiger partial charge in [-0.05, 0) is 46.2 Å². The number of aryl methyl sites for hydroxylation is 2. The van der Waals surface area contributed by atoms with Crippen LogP contribution in [0, 0.1) is 19.8 Å². The highest BCUT2D eigenvalue weighted by Gasteiger charge is 2.18. The lowest BCUT2D eigenvalue weighted by atomic mass is 9.98. The first-order valence-corrected chi connectivity index (χ1v) is 6.50. The molecule has 1 aliphatic rings. The molecule has 0 spiro atoms. The van der Waals surface area contributed by atoms with E-state index in [1.165, 1.54) is 37.3 Å². The van der Waals surface area contributed by atoms with E-state index in [0.29, 0.717) is 0 Å². The quantitative estimate of drug-likeness (QED) is 0.868. The fourth-order valence-electron chi connectivity index (χ4n) is 2.72. The van der Waals surface area contributed by atoms with Crippen LogP contribution in [0.1, 0.15) is 24.2 Å². The van der Waals surface area contributed by atoms with E-state index in [2.05, 4.69) is 36.2 Å². The van der Waals surface area contributed by atoms with Crippen molar-refractivity contribution in [3.05, 3.63) is 11.4 Å². The summed E-state index contributed by atoms with van der Waals surface area (Å²) in [6, 6.07) is 0. The monoisotopic (exact) mass is 236 g/mol. The van der Waals surface area contributed by atoms with Gasteiger partial charge in [0.2, 0.25) is 0 Å². The fourth-order valence-corrected chi connectivity index (χ4v) is 2.72. The van der Waals surface area contributed by atoms with Gasteiger partial charge in [-0.2, -0.15) is 5.10 Å². The predicted molar refractivity (Wildman–Crippen MR) is 71.4 cm³/mol. The molecule has 1 atom stereocenters. The van der Waals surface area contributed by atoms with Crippen LogP contribution in [0.3, 0.4) is 0 Å². The summed E-state index contributed by atoms with van der Waals surface area (Å²) < 4.78 is 1.95. The molecule has 1 aliphatic heterocycles. The van der Waals surface area contributed by atoms with Crippen LogP contribution in [0.25, 0.3) is 0 Å². The molecule has 1 aromatic heterocycles. The van der Waals surface area contributed by atoms with Gasteiger partial charge in [0, 0.05) is 20.1 Å². The summed E-state index contributed by atoms with van der Waals surface area (Å²) in [5, 5.41) is 8.02. The summed E-state index contributed by atoms with van der Waals surface area (Å²) in [6.45, 7) is 7.72. The number of likely N-dealkylation sites (tertiary alicyclic amines) is 1. The number of hydrogen-bond acceptors (Lipinski definition) is 3. The second kappa shape index (κ2) is 5.08. The molecule has 17 heavy (non-hydrogen) atoms. The van der Waals surface area contributed by atoms with Crippen LogP contribution in [0.5, 0.6) is 0 Å². The van der Waals surface area contributed by atoms with Crippen LogP contribution in [0.4, 0.5) is 5.69 Å². The molecule has 1 unspecified atom stereocenters. The second-order valence-electron chi connectivity index (χ2n) is 5.32. The van der Waals surface area contributed by atoms with Gasteiger partial charge in [0.05, 0.1) is 17.1 Å². The van der Waals surface area contributed by atoms with Gasteiger partial charge >= 0.3 is 0 Å². The Bertz CT molecular complexity index is 383. The number of piperidine rings is 1. The van der Waals surface area contributed by atoms with Crippen molar-refractivity contribution >= 4 is 5.69 Å². The zero-order valence-electron chi connectivity index (χ0n) is 11.5. The summed E-state index contributed by atoms with van der Waals surface area (Å²) in [6.07, 6.45) is 2.67. The highest BCUT2D eigenvalue weighted by Crippen LogP contribution is 2.21. The molecular formula is C13H24N4. The SMILES string of the molecule is Cc1nn(C)c(C)c1NCC1CCCN(C)C1. The highest BCUT2D eigenvalue weighted by atomic mass is 15.3. The topological polar surface area (TPSA) is 33.1 Å². The molecule has 0 saturated carbocycles. The van der Waals surface area contributed by atoms with Crippen LogP contribution in [-0.4, -0.2) is 41.4 Å². The Hall–Kier alpha value is -1.03. The van der Waals surface area contributed by atoms with Gasteiger partial charge in [-0.25, -0.2) is 0 Å². The van der Waals surface area contributed by atoms with Crippen molar-refractivity contribution in [3.63, 3.8) is 0 Å². The van der Waals surface area contributed by atoms with E-state index < -0.39 is 0 Å². The van der Waals surface area contributed by atoms with Crippen molar-refractivity contribution < 1.29 is 0 Å². The van der Waals surface area contributed by atoms with Crippen molar-refractivity contribution in [2.24, 2.45) is 13.0 Å². The minimum absolute atomic E-state index is 0.771. The highest BCUT2D eigenvalue weighted by molar-refractivity contribution is 5.51. The van der Waals surface area contributed by atoms with E-state index in [-0.39, 0.29) is 0 Å². The Morgan fingerprint density at radius 1 is 1.35 bits per heavy atom. The number of hydrogen-bond donors (Lipinski definition) is 1. The molecule has 1 N–H and O–H groups in total. The molecule has 1 fully saturated rings. The number of anilines is 1. The Kier molecular flexibility index (Phi) is 3.72. The molecule has 96 valence electrons. The molecule has 0 bridgehead atoms. The first-order chi connectivity index (χ1) is 8.08. The van der Waals surface area contributed by atoms with Crippen LogP contribution in [0.15, 0.2) is 0 Å². The summed E-state index contributed by atoms with van der Waals surface area (Å²) in [7, 11) is 4.22. The molecule has 2 heterocycles. The molecule has 1 aromatic rings. The summed E-state index contributed by atoms with van der Waals surface area (Å²) in [4.78, 5) is 2.43. The average Bonchev–Trinajstić information content (AvgIpc) is 2.51. The van der Waals surface area contributed by atoms with Gasteiger partial charge in [-0.3, -0.25) is 4.68 Å². The minimum atomic E-state index is 0.771. The average molecular weight is 236 g/mol.